The van der Waals surface area contributed by atoms with E-state index in [1.807, 2.05) is 26.0 Å². The SMILES string of the molecule is CC(C)NC(=O)NCc1ccc(C(=O)NNC(=S)N[C@@H]2CCC[C@@H](C)[C@H]2C)cc1. The number of thiocarbonyl (C=S) groups is 1. The van der Waals surface area contributed by atoms with Crippen LogP contribution in [0, 0.1) is 11.8 Å². The molecule has 2 rings (SSSR count). The van der Waals surface area contributed by atoms with Crippen molar-refractivity contribution in [3.63, 3.8) is 0 Å². The number of hydrogen-bond acceptors (Lipinski definition) is 3. The third kappa shape index (κ3) is 7.53. The number of hydrazine groups is 1. The van der Waals surface area contributed by atoms with Gasteiger partial charge in [0.15, 0.2) is 5.11 Å². The zero-order valence-electron chi connectivity index (χ0n) is 17.7. The second-order valence-corrected chi connectivity index (χ2v) is 8.51. The van der Waals surface area contributed by atoms with E-state index in [1.165, 1.54) is 12.8 Å². The van der Waals surface area contributed by atoms with Gasteiger partial charge in [0.05, 0.1) is 0 Å². The van der Waals surface area contributed by atoms with Gasteiger partial charge in [0.25, 0.3) is 5.91 Å². The molecular formula is C21H33N5O2S. The molecule has 160 valence electrons. The van der Waals surface area contributed by atoms with Gasteiger partial charge < -0.3 is 16.0 Å². The lowest BCUT2D eigenvalue weighted by Crippen LogP contribution is -2.52. The number of hydrogen-bond donors (Lipinski definition) is 5. The first-order valence-electron chi connectivity index (χ1n) is 10.3. The number of carbonyl (C=O) groups excluding carboxylic acids is 2. The van der Waals surface area contributed by atoms with Gasteiger partial charge in [-0.2, -0.15) is 0 Å². The fourth-order valence-electron chi connectivity index (χ4n) is 3.45. The smallest absolute Gasteiger partial charge is 0.315 e. The summed E-state index contributed by atoms with van der Waals surface area (Å²) in [4.78, 5) is 23.9. The molecule has 0 bridgehead atoms. The Bertz CT molecular complexity index is 708. The minimum atomic E-state index is -0.267. The Kier molecular flexibility index (Phi) is 8.70. The molecule has 0 aliphatic heterocycles. The first-order chi connectivity index (χ1) is 13.8. The van der Waals surface area contributed by atoms with E-state index in [0.717, 1.165) is 12.0 Å². The molecule has 7 nitrogen and oxygen atoms in total. The molecule has 0 saturated heterocycles. The van der Waals surface area contributed by atoms with E-state index in [0.29, 0.717) is 35.1 Å². The predicted octanol–water partition coefficient (Wildman–Crippen LogP) is 2.83. The summed E-state index contributed by atoms with van der Waals surface area (Å²) in [5.41, 5.74) is 6.84. The van der Waals surface area contributed by atoms with E-state index in [9.17, 15) is 9.59 Å². The van der Waals surface area contributed by atoms with Crippen molar-refractivity contribution < 1.29 is 9.59 Å². The Balaban J connectivity index is 1.76. The quantitative estimate of drug-likeness (QED) is 0.374. The van der Waals surface area contributed by atoms with Crippen LogP contribution in [0.4, 0.5) is 4.79 Å². The summed E-state index contributed by atoms with van der Waals surface area (Å²) in [7, 11) is 0. The maximum atomic E-state index is 12.3. The van der Waals surface area contributed by atoms with Gasteiger partial charge in [-0.3, -0.25) is 15.6 Å². The highest BCUT2D eigenvalue weighted by Gasteiger charge is 2.27. The van der Waals surface area contributed by atoms with Crippen LogP contribution in [0.25, 0.3) is 0 Å². The van der Waals surface area contributed by atoms with Crippen molar-refractivity contribution in [2.24, 2.45) is 11.8 Å². The lowest BCUT2D eigenvalue weighted by molar-refractivity contribution is 0.0943. The molecule has 5 N–H and O–H groups in total. The largest absolute Gasteiger partial charge is 0.358 e. The molecule has 0 heterocycles. The lowest BCUT2D eigenvalue weighted by atomic mass is 9.78. The van der Waals surface area contributed by atoms with E-state index in [4.69, 9.17) is 12.2 Å². The number of amides is 3. The summed E-state index contributed by atoms with van der Waals surface area (Å²) in [6.45, 7) is 8.71. The Morgan fingerprint density at radius 2 is 1.79 bits per heavy atom. The minimum absolute atomic E-state index is 0.0823. The van der Waals surface area contributed by atoms with Crippen molar-refractivity contribution in [2.45, 2.75) is 65.6 Å². The van der Waals surface area contributed by atoms with Gasteiger partial charge in [-0.1, -0.05) is 38.8 Å². The van der Waals surface area contributed by atoms with E-state index in [-0.39, 0.29) is 18.0 Å². The first kappa shape index (κ1) is 22.9. The molecule has 0 spiro atoms. The Morgan fingerprint density at radius 3 is 2.45 bits per heavy atom. The Hall–Kier alpha value is -2.35. The molecule has 1 saturated carbocycles. The highest BCUT2D eigenvalue weighted by Crippen LogP contribution is 2.29. The van der Waals surface area contributed by atoms with Crippen molar-refractivity contribution in [1.82, 2.24) is 26.8 Å². The standard InChI is InChI=1S/C21H33N5O2S/c1-13(2)23-20(28)22-12-16-8-10-17(11-9-16)19(27)25-26-21(29)24-18-7-5-6-14(3)15(18)4/h8-11,13-15,18H,5-7,12H2,1-4H3,(H,25,27)(H2,22,23,28)(H2,24,26,29)/t14-,15-,18-/m1/s1. The fourth-order valence-corrected chi connectivity index (χ4v) is 3.65. The maximum absolute atomic E-state index is 12.3. The van der Waals surface area contributed by atoms with Crippen LogP contribution in [0.3, 0.4) is 0 Å². The summed E-state index contributed by atoms with van der Waals surface area (Å²) in [5.74, 6) is 0.947. The van der Waals surface area contributed by atoms with Crippen LogP contribution in [0.15, 0.2) is 24.3 Å². The van der Waals surface area contributed by atoms with E-state index in [1.54, 1.807) is 12.1 Å². The molecule has 1 aliphatic rings. The topological polar surface area (TPSA) is 94.3 Å². The van der Waals surface area contributed by atoms with Crippen molar-refractivity contribution in [2.75, 3.05) is 0 Å². The number of carbonyl (C=O) groups is 2. The van der Waals surface area contributed by atoms with Gasteiger partial charge in [0.1, 0.15) is 0 Å². The van der Waals surface area contributed by atoms with Gasteiger partial charge in [-0.05, 0) is 62.0 Å². The van der Waals surface area contributed by atoms with Crippen LogP contribution in [-0.4, -0.2) is 29.1 Å². The molecule has 1 aliphatic carbocycles. The summed E-state index contributed by atoms with van der Waals surface area (Å²) in [6, 6.07) is 7.26. The molecule has 0 unspecified atom stereocenters. The molecule has 8 heteroatoms. The van der Waals surface area contributed by atoms with Crippen LogP contribution in [0.5, 0.6) is 0 Å². The Labute approximate surface area is 178 Å². The number of rotatable bonds is 5. The van der Waals surface area contributed by atoms with Crippen LogP contribution in [0.1, 0.15) is 62.9 Å². The van der Waals surface area contributed by atoms with Crippen LogP contribution in [-0.2, 0) is 6.54 Å². The molecule has 3 amide bonds. The maximum Gasteiger partial charge on any atom is 0.315 e. The van der Waals surface area contributed by atoms with Gasteiger partial charge in [0, 0.05) is 24.2 Å². The number of urea groups is 1. The van der Waals surface area contributed by atoms with Crippen molar-refractivity contribution in [3.05, 3.63) is 35.4 Å². The lowest BCUT2D eigenvalue weighted by Gasteiger charge is -2.35. The Morgan fingerprint density at radius 1 is 1.10 bits per heavy atom. The highest BCUT2D eigenvalue weighted by atomic mass is 32.1. The summed E-state index contributed by atoms with van der Waals surface area (Å²) in [5, 5.41) is 9.29. The van der Waals surface area contributed by atoms with E-state index >= 15 is 0 Å². The molecule has 1 fully saturated rings. The third-order valence-electron chi connectivity index (χ3n) is 5.40. The molecule has 1 aromatic carbocycles. The van der Waals surface area contributed by atoms with E-state index < -0.39 is 0 Å². The second-order valence-electron chi connectivity index (χ2n) is 8.11. The minimum Gasteiger partial charge on any atom is -0.358 e. The van der Waals surface area contributed by atoms with Gasteiger partial charge in [-0.25, -0.2) is 4.79 Å². The van der Waals surface area contributed by atoms with Gasteiger partial charge in [-0.15, -0.1) is 0 Å². The predicted molar refractivity (Wildman–Crippen MR) is 119 cm³/mol. The average molecular weight is 420 g/mol. The van der Waals surface area contributed by atoms with Gasteiger partial charge in [0.2, 0.25) is 0 Å². The summed E-state index contributed by atoms with van der Waals surface area (Å²) in [6.07, 6.45) is 3.54. The second kappa shape index (κ2) is 11.0. The summed E-state index contributed by atoms with van der Waals surface area (Å²) < 4.78 is 0. The number of nitrogens with one attached hydrogen (secondary N) is 5. The molecule has 1 aromatic rings. The normalized spacial score (nSPS) is 21.2. The first-order valence-corrected chi connectivity index (χ1v) is 10.7. The van der Waals surface area contributed by atoms with Crippen molar-refractivity contribution >= 4 is 29.3 Å². The van der Waals surface area contributed by atoms with Crippen molar-refractivity contribution in [3.8, 4) is 0 Å². The molecule has 0 radical (unpaired) electrons. The third-order valence-corrected chi connectivity index (χ3v) is 5.62. The van der Waals surface area contributed by atoms with Crippen molar-refractivity contribution in [1.29, 1.82) is 0 Å². The molecule has 3 atom stereocenters. The zero-order valence-corrected chi connectivity index (χ0v) is 18.5. The highest BCUT2D eigenvalue weighted by molar-refractivity contribution is 7.80. The molecule has 29 heavy (non-hydrogen) atoms. The fraction of sp³-hybridized carbons (Fsp3) is 0.571. The molecule has 0 aromatic heterocycles. The monoisotopic (exact) mass is 419 g/mol. The van der Waals surface area contributed by atoms with E-state index in [2.05, 4.69) is 40.6 Å². The zero-order chi connectivity index (χ0) is 21.4. The molecular weight excluding hydrogens is 386 g/mol. The van der Waals surface area contributed by atoms with Crippen LogP contribution < -0.4 is 26.8 Å². The van der Waals surface area contributed by atoms with Crippen LogP contribution in [0.2, 0.25) is 0 Å². The number of benzene rings is 1. The van der Waals surface area contributed by atoms with Crippen LogP contribution >= 0.6 is 12.2 Å². The summed E-state index contributed by atoms with van der Waals surface area (Å²) >= 11 is 5.32. The average Bonchev–Trinajstić information content (AvgIpc) is 2.68. The van der Waals surface area contributed by atoms with Gasteiger partial charge >= 0.3 is 6.03 Å².